The second kappa shape index (κ2) is 13.8. The number of nitrogens with zero attached hydrogens (tertiary/aromatic N) is 2. The summed E-state index contributed by atoms with van der Waals surface area (Å²) in [7, 11) is -15.2. The van der Waals surface area contributed by atoms with E-state index >= 15 is 0 Å². The predicted octanol–water partition coefficient (Wildman–Crippen LogP) is 6.55. The standard InChI is InChI=1S/C14H32N.C4F10NO4S2/c1-5-9-12-15(8-4,13-10-6-2)14-11-7-3;5-1(6,7)3(11,12)20(16,17)15-21(18,19)4(13,14)2(8,9)10/h5-14H2,1-4H3;/q+1;-1. The third kappa shape index (κ3) is 9.78. The monoisotopic (exact) mass is 594 g/mol. The Hall–Kier alpha value is -0.880. The van der Waals surface area contributed by atoms with Crippen LogP contribution in [0.3, 0.4) is 0 Å². The van der Waals surface area contributed by atoms with Crippen molar-refractivity contribution in [3.8, 4) is 0 Å². The third-order valence-corrected chi connectivity index (χ3v) is 8.46. The highest BCUT2D eigenvalue weighted by Gasteiger charge is 2.68. The fraction of sp³-hybridized carbons (Fsp3) is 1.00. The first-order valence-corrected chi connectivity index (χ1v) is 13.8. The van der Waals surface area contributed by atoms with Crippen molar-refractivity contribution in [2.45, 2.75) is 89.1 Å². The van der Waals surface area contributed by atoms with Crippen molar-refractivity contribution in [3.05, 3.63) is 4.13 Å². The van der Waals surface area contributed by atoms with E-state index in [0.717, 1.165) is 0 Å². The van der Waals surface area contributed by atoms with E-state index in [1.807, 2.05) is 0 Å². The van der Waals surface area contributed by atoms with E-state index in [1.165, 1.54) is 69.2 Å². The maximum absolute atomic E-state index is 12.3. The van der Waals surface area contributed by atoms with E-state index in [4.69, 9.17) is 0 Å². The zero-order chi connectivity index (χ0) is 29.3. The van der Waals surface area contributed by atoms with Gasteiger partial charge in [-0.2, -0.15) is 43.9 Å². The van der Waals surface area contributed by atoms with Crippen molar-refractivity contribution in [1.82, 2.24) is 0 Å². The molecule has 0 aromatic heterocycles. The second-order valence-corrected chi connectivity index (χ2v) is 11.5. The van der Waals surface area contributed by atoms with Crippen LogP contribution in [0.1, 0.15) is 66.2 Å². The van der Waals surface area contributed by atoms with Gasteiger partial charge in [0.1, 0.15) is 0 Å². The molecule has 0 bridgehead atoms. The van der Waals surface area contributed by atoms with Gasteiger partial charge in [0.25, 0.3) is 0 Å². The Kier molecular flexibility index (Phi) is 14.3. The van der Waals surface area contributed by atoms with Crippen molar-refractivity contribution in [3.63, 3.8) is 0 Å². The molecular weight excluding hydrogens is 562 g/mol. The molecule has 0 heterocycles. The molecule has 0 aliphatic heterocycles. The zero-order valence-electron chi connectivity index (χ0n) is 20.2. The summed E-state index contributed by atoms with van der Waals surface area (Å²) < 4.78 is 162. The van der Waals surface area contributed by atoms with Crippen molar-refractivity contribution in [1.29, 1.82) is 0 Å². The van der Waals surface area contributed by atoms with Crippen LogP contribution in [0.2, 0.25) is 0 Å². The van der Waals surface area contributed by atoms with Gasteiger partial charge in [0.05, 0.1) is 26.2 Å². The van der Waals surface area contributed by atoms with Gasteiger partial charge in [-0.25, -0.2) is 16.8 Å². The highest BCUT2D eigenvalue weighted by atomic mass is 32.3. The molecule has 220 valence electrons. The van der Waals surface area contributed by atoms with Crippen LogP contribution in [0.15, 0.2) is 0 Å². The number of halogens is 10. The molecule has 0 radical (unpaired) electrons. The van der Waals surface area contributed by atoms with Gasteiger partial charge in [-0.05, 0) is 26.2 Å². The molecule has 0 aliphatic rings. The number of hydrogen-bond acceptors (Lipinski definition) is 4. The van der Waals surface area contributed by atoms with E-state index in [-0.39, 0.29) is 0 Å². The van der Waals surface area contributed by atoms with Crippen molar-refractivity contribution in [2.24, 2.45) is 0 Å². The van der Waals surface area contributed by atoms with Crippen LogP contribution in [0.5, 0.6) is 0 Å². The lowest BCUT2D eigenvalue weighted by molar-refractivity contribution is -0.927. The highest BCUT2D eigenvalue weighted by Crippen LogP contribution is 2.47. The smallest absolute Gasteiger partial charge is 0.425 e. The fourth-order valence-corrected chi connectivity index (χ4v) is 5.17. The molecule has 18 heteroatoms. The first-order chi connectivity index (χ1) is 15.9. The predicted molar refractivity (Wildman–Crippen MR) is 113 cm³/mol. The van der Waals surface area contributed by atoms with E-state index in [1.54, 1.807) is 0 Å². The van der Waals surface area contributed by atoms with E-state index < -0.39 is 42.9 Å². The van der Waals surface area contributed by atoms with E-state index in [2.05, 4.69) is 27.7 Å². The molecule has 0 fully saturated rings. The van der Waals surface area contributed by atoms with Gasteiger partial charge in [-0.3, -0.25) is 0 Å². The van der Waals surface area contributed by atoms with Gasteiger partial charge in [-0.1, -0.05) is 40.0 Å². The summed E-state index contributed by atoms with van der Waals surface area (Å²) in [5.74, 6) is 0. The largest absolute Gasteiger partial charge is 0.467 e. The summed E-state index contributed by atoms with van der Waals surface area (Å²) in [5, 5.41) is -14.0. The zero-order valence-corrected chi connectivity index (χ0v) is 21.8. The molecule has 0 rings (SSSR count). The van der Waals surface area contributed by atoms with Crippen LogP contribution in [-0.2, 0) is 20.0 Å². The molecule has 0 spiro atoms. The van der Waals surface area contributed by atoms with Gasteiger partial charge in [0, 0.05) is 0 Å². The average Bonchev–Trinajstić information content (AvgIpc) is 2.71. The number of quaternary nitrogens is 1. The molecule has 0 atom stereocenters. The third-order valence-electron chi connectivity index (χ3n) is 5.13. The molecule has 0 N–H and O–H groups in total. The van der Waals surface area contributed by atoms with Crippen LogP contribution < -0.4 is 0 Å². The molecular formula is C18H32F10N2O4S2. The average molecular weight is 595 g/mol. The van der Waals surface area contributed by atoms with Crippen molar-refractivity contribution in [2.75, 3.05) is 26.2 Å². The van der Waals surface area contributed by atoms with Gasteiger partial charge in [0.2, 0.25) is 0 Å². The molecule has 6 nitrogen and oxygen atoms in total. The Balaban J connectivity index is 0. The minimum Gasteiger partial charge on any atom is -0.425 e. The number of alkyl halides is 10. The van der Waals surface area contributed by atoms with Crippen LogP contribution in [0, 0.1) is 0 Å². The molecule has 0 amide bonds. The molecule has 0 saturated carbocycles. The Morgan fingerprint density at radius 1 is 0.556 bits per heavy atom. The van der Waals surface area contributed by atoms with Gasteiger partial charge < -0.3 is 8.61 Å². The van der Waals surface area contributed by atoms with E-state index in [0.29, 0.717) is 4.13 Å². The maximum Gasteiger partial charge on any atom is 0.467 e. The van der Waals surface area contributed by atoms with Crippen LogP contribution in [0.25, 0.3) is 4.13 Å². The van der Waals surface area contributed by atoms with Gasteiger partial charge >= 0.3 is 22.9 Å². The van der Waals surface area contributed by atoms with E-state index in [9.17, 15) is 60.7 Å². The molecule has 36 heavy (non-hydrogen) atoms. The SMILES string of the molecule is CCCC[N+](CC)(CCCC)CCCC.O=S(=O)([N-]S(=O)(=O)C(F)(F)C(F)(F)F)C(F)(F)C(F)(F)F. The van der Waals surface area contributed by atoms with Crippen molar-refractivity contribution < 1.29 is 65.2 Å². The van der Waals surface area contributed by atoms with Gasteiger partial charge in [0.15, 0.2) is 20.0 Å². The molecule has 0 saturated heterocycles. The summed E-state index contributed by atoms with van der Waals surface area (Å²) in [6, 6.07) is 0. The van der Waals surface area contributed by atoms with Gasteiger partial charge in [-0.15, -0.1) is 0 Å². The minimum atomic E-state index is -7.62. The molecule has 0 aliphatic carbocycles. The Morgan fingerprint density at radius 2 is 0.806 bits per heavy atom. The topological polar surface area (TPSA) is 82.4 Å². The number of unbranched alkanes of at least 4 members (excludes halogenated alkanes) is 3. The first-order valence-electron chi connectivity index (χ1n) is 10.9. The number of rotatable bonds is 14. The maximum atomic E-state index is 12.3. The summed E-state index contributed by atoms with van der Waals surface area (Å²) in [4.78, 5) is 0. The number of sulfonamides is 2. The lowest BCUT2D eigenvalue weighted by atomic mass is 10.1. The molecule has 0 aromatic carbocycles. The first kappa shape index (κ1) is 37.3. The summed E-state index contributed by atoms with van der Waals surface area (Å²) in [5.41, 5.74) is 0. The molecule has 0 unspecified atom stereocenters. The number of hydrogen-bond donors (Lipinski definition) is 0. The summed E-state index contributed by atoms with van der Waals surface area (Å²) >= 11 is 0. The summed E-state index contributed by atoms with van der Waals surface area (Å²) in [6.07, 6.45) is -5.75. The van der Waals surface area contributed by atoms with Crippen LogP contribution >= 0.6 is 0 Å². The quantitative estimate of drug-likeness (QED) is 0.169. The van der Waals surface area contributed by atoms with Crippen LogP contribution in [-0.4, -0.2) is 70.4 Å². The van der Waals surface area contributed by atoms with Crippen LogP contribution in [0.4, 0.5) is 43.9 Å². The lowest BCUT2D eigenvalue weighted by Gasteiger charge is -2.38. The normalized spacial score (nSPS) is 14.4. The highest BCUT2D eigenvalue weighted by molar-refractivity contribution is 8.13. The summed E-state index contributed by atoms with van der Waals surface area (Å²) in [6.45, 7) is 14.9. The minimum absolute atomic E-state index is 0.422. The molecule has 0 aromatic rings. The fourth-order valence-electron chi connectivity index (χ4n) is 2.81. The Bertz CT molecular complexity index is 782. The van der Waals surface area contributed by atoms with Crippen molar-refractivity contribution >= 4 is 20.0 Å². The Labute approximate surface area is 205 Å². The Morgan fingerprint density at radius 3 is 0.972 bits per heavy atom. The second-order valence-electron chi connectivity index (χ2n) is 7.94. The lowest BCUT2D eigenvalue weighted by Crippen LogP contribution is -2.49.